The van der Waals surface area contributed by atoms with Crippen LogP contribution in [0.15, 0.2) is 24.3 Å². The van der Waals surface area contributed by atoms with Gasteiger partial charge >= 0.3 is 0 Å². The van der Waals surface area contributed by atoms with Crippen molar-refractivity contribution in [2.75, 3.05) is 24.7 Å². The first kappa shape index (κ1) is 21.3. The van der Waals surface area contributed by atoms with Crippen LogP contribution in [0.4, 0.5) is 11.8 Å². The van der Waals surface area contributed by atoms with Gasteiger partial charge in [-0.3, -0.25) is 0 Å². The van der Waals surface area contributed by atoms with Crippen LogP contribution in [0, 0.1) is 0 Å². The van der Waals surface area contributed by atoms with Crippen molar-refractivity contribution in [3.63, 3.8) is 0 Å². The highest BCUT2D eigenvalue weighted by Crippen LogP contribution is 2.24. The number of nitrogen functional groups attached to an aromatic ring is 2. The van der Waals surface area contributed by atoms with Gasteiger partial charge in [0.2, 0.25) is 5.95 Å². The molecule has 5 N–H and O–H groups in total. The summed E-state index contributed by atoms with van der Waals surface area (Å²) in [5, 5.41) is 14.0. The van der Waals surface area contributed by atoms with Crippen LogP contribution < -0.4 is 20.9 Å². The number of hydrogen-bond donors (Lipinski definition) is 3. The maximum Gasteiger partial charge on any atom is 0.222 e. The molecular weight excluding hydrogens is 384 g/mol. The van der Waals surface area contributed by atoms with E-state index in [0.29, 0.717) is 25.4 Å². The van der Waals surface area contributed by atoms with E-state index in [9.17, 15) is 0 Å². The first-order valence-corrected chi connectivity index (χ1v) is 10.1. The maximum absolute atomic E-state index is 5.90. The zero-order valence-corrected chi connectivity index (χ0v) is 17.2. The number of aryl methyl sites for hydroxylation is 3. The lowest BCUT2D eigenvalue weighted by Gasteiger charge is -2.12. The van der Waals surface area contributed by atoms with Crippen molar-refractivity contribution >= 4 is 11.8 Å². The third kappa shape index (κ3) is 6.29. The Labute approximate surface area is 175 Å². The third-order valence-electron chi connectivity index (χ3n) is 4.52. The Balaban J connectivity index is 1.36. The molecule has 2 aromatic heterocycles. The zero-order chi connectivity index (χ0) is 21.2. The number of anilines is 2. The van der Waals surface area contributed by atoms with E-state index in [4.69, 9.17) is 20.9 Å². The van der Waals surface area contributed by atoms with Crippen LogP contribution in [0.3, 0.4) is 0 Å². The third-order valence-corrected chi connectivity index (χ3v) is 4.52. The smallest absolute Gasteiger partial charge is 0.222 e. The van der Waals surface area contributed by atoms with Gasteiger partial charge in [-0.05, 0) is 49.8 Å². The van der Waals surface area contributed by atoms with Crippen molar-refractivity contribution in [2.45, 2.75) is 45.4 Å². The van der Waals surface area contributed by atoms with Crippen LogP contribution in [-0.4, -0.2) is 43.8 Å². The lowest BCUT2D eigenvalue weighted by atomic mass is 10.1. The van der Waals surface area contributed by atoms with Gasteiger partial charge in [0, 0.05) is 6.42 Å². The number of rotatable bonds is 12. The number of nitrogens with two attached hydrogens (primary N) is 2. The summed E-state index contributed by atoms with van der Waals surface area (Å²) in [6.07, 6.45) is 5.06. The second-order valence-electron chi connectivity index (χ2n) is 6.83. The van der Waals surface area contributed by atoms with Crippen LogP contribution in [0.1, 0.15) is 43.3 Å². The molecule has 0 radical (unpaired) electrons. The van der Waals surface area contributed by atoms with Gasteiger partial charge in [0.1, 0.15) is 5.75 Å². The highest BCUT2D eigenvalue weighted by molar-refractivity contribution is 5.51. The molecule has 0 saturated carbocycles. The molecule has 0 aliphatic rings. The summed E-state index contributed by atoms with van der Waals surface area (Å²) in [5.41, 5.74) is 13.5. The van der Waals surface area contributed by atoms with Crippen LogP contribution in [-0.2, 0) is 19.3 Å². The molecule has 0 saturated heterocycles. The molecule has 30 heavy (non-hydrogen) atoms. The quantitative estimate of drug-likeness (QED) is 0.380. The van der Waals surface area contributed by atoms with E-state index in [0.717, 1.165) is 49.4 Å². The summed E-state index contributed by atoms with van der Waals surface area (Å²) < 4.78 is 11.7. The zero-order valence-electron chi connectivity index (χ0n) is 17.2. The Morgan fingerprint density at radius 2 is 1.83 bits per heavy atom. The summed E-state index contributed by atoms with van der Waals surface area (Å²) >= 11 is 0. The van der Waals surface area contributed by atoms with Gasteiger partial charge in [-0.15, -0.1) is 10.2 Å². The van der Waals surface area contributed by atoms with E-state index in [-0.39, 0.29) is 11.8 Å². The molecule has 0 bridgehead atoms. The van der Waals surface area contributed by atoms with Gasteiger partial charge in [-0.2, -0.15) is 10.2 Å². The van der Waals surface area contributed by atoms with Crippen molar-refractivity contribution in [3.05, 3.63) is 41.3 Å². The van der Waals surface area contributed by atoms with Gasteiger partial charge in [-0.1, -0.05) is 24.3 Å². The van der Waals surface area contributed by atoms with Crippen molar-refractivity contribution in [1.82, 2.24) is 30.6 Å². The number of nitrogens with zero attached hydrogens (tertiary/aromatic N) is 5. The lowest BCUT2D eigenvalue weighted by Crippen LogP contribution is -2.10. The fourth-order valence-corrected chi connectivity index (χ4v) is 3.03. The monoisotopic (exact) mass is 412 g/mol. The summed E-state index contributed by atoms with van der Waals surface area (Å²) in [6.45, 7) is 3.11. The highest BCUT2D eigenvalue weighted by Gasteiger charge is 2.11. The Kier molecular flexibility index (Phi) is 7.76. The molecule has 0 fully saturated rings. The number of H-pyrrole nitrogens is 1. The minimum atomic E-state index is 0.169. The summed E-state index contributed by atoms with van der Waals surface area (Å²) in [7, 11) is 0. The summed E-state index contributed by atoms with van der Waals surface area (Å²) in [5.74, 6) is 2.59. The lowest BCUT2D eigenvalue weighted by molar-refractivity contribution is 0.265. The van der Waals surface area contributed by atoms with Crippen LogP contribution >= 0.6 is 0 Å². The molecule has 0 amide bonds. The minimum Gasteiger partial charge on any atom is -0.494 e. The molecule has 0 aliphatic heterocycles. The van der Waals surface area contributed by atoms with Gasteiger partial charge < -0.3 is 20.9 Å². The largest absolute Gasteiger partial charge is 0.494 e. The van der Waals surface area contributed by atoms with E-state index >= 15 is 0 Å². The average Bonchev–Trinajstić information content (AvgIpc) is 3.25. The molecule has 1 aromatic carbocycles. The number of aromatic amines is 1. The molecule has 0 atom stereocenters. The Morgan fingerprint density at radius 1 is 1.00 bits per heavy atom. The van der Waals surface area contributed by atoms with Crippen molar-refractivity contribution in [2.24, 2.45) is 0 Å². The van der Waals surface area contributed by atoms with Gasteiger partial charge in [-0.25, -0.2) is 4.98 Å². The Hall–Kier alpha value is -3.43. The predicted molar refractivity (Wildman–Crippen MR) is 113 cm³/mol. The maximum atomic E-state index is 5.90. The SMILES string of the molecule is CCc1nc(N)nc(N)c1OCCCCOc1cccc(CCCc2nn[nH]n2)c1. The fourth-order valence-electron chi connectivity index (χ4n) is 3.03. The van der Waals surface area contributed by atoms with E-state index in [1.165, 1.54) is 5.56 Å². The first-order chi connectivity index (χ1) is 14.7. The number of unbranched alkanes of at least 4 members (excludes halogenated alkanes) is 1. The summed E-state index contributed by atoms with van der Waals surface area (Å²) in [6, 6.07) is 8.16. The first-order valence-electron chi connectivity index (χ1n) is 10.1. The average molecular weight is 412 g/mol. The van der Waals surface area contributed by atoms with E-state index in [1.54, 1.807) is 0 Å². The van der Waals surface area contributed by atoms with E-state index in [1.807, 2.05) is 19.1 Å². The predicted octanol–water partition coefficient (Wildman–Crippen LogP) is 2.13. The normalized spacial score (nSPS) is 10.8. The number of aromatic nitrogens is 6. The van der Waals surface area contributed by atoms with Crippen LogP contribution in [0.2, 0.25) is 0 Å². The molecule has 160 valence electrons. The standard InChI is InChI=1S/C20H28N8O2/c1-2-16-18(19(21)24-20(22)23-16)30-12-4-3-11-29-15-9-5-7-14(13-15)8-6-10-17-25-27-28-26-17/h5,7,9,13H,2-4,6,8,10-12H2,1H3,(H4,21,22,23,24)(H,25,26,27,28). The second kappa shape index (κ2) is 10.9. The molecule has 10 heteroatoms. The Morgan fingerprint density at radius 3 is 2.60 bits per heavy atom. The highest BCUT2D eigenvalue weighted by atomic mass is 16.5. The number of hydrogen-bond acceptors (Lipinski definition) is 9. The molecule has 3 aromatic rings. The van der Waals surface area contributed by atoms with E-state index in [2.05, 4.69) is 42.7 Å². The van der Waals surface area contributed by atoms with Gasteiger partial charge in [0.05, 0.1) is 18.9 Å². The van der Waals surface area contributed by atoms with Crippen LogP contribution in [0.5, 0.6) is 11.5 Å². The fraction of sp³-hybridized carbons (Fsp3) is 0.450. The second-order valence-corrected chi connectivity index (χ2v) is 6.83. The van der Waals surface area contributed by atoms with Crippen molar-refractivity contribution in [1.29, 1.82) is 0 Å². The van der Waals surface area contributed by atoms with Crippen molar-refractivity contribution in [3.8, 4) is 11.5 Å². The van der Waals surface area contributed by atoms with Crippen LogP contribution in [0.25, 0.3) is 0 Å². The number of nitrogens with one attached hydrogen (secondary N) is 1. The molecule has 3 rings (SSSR count). The van der Waals surface area contributed by atoms with Gasteiger partial charge in [0.25, 0.3) is 0 Å². The molecule has 0 spiro atoms. The minimum absolute atomic E-state index is 0.169. The van der Waals surface area contributed by atoms with Gasteiger partial charge in [0.15, 0.2) is 17.4 Å². The topological polar surface area (TPSA) is 151 Å². The molecule has 0 aliphatic carbocycles. The molecular formula is C20H28N8O2. The summed E-state index contributed by atoms with van der Waals surface area (Å²) in [4.78, 5) is 8.14. The molecule has 2 heterocycles. The Bertz CT molecular complexity index is 917. The molecule has 10 nitrogen and oxygen atoms in total. The number of tetrazole rings is 1. The molecule has 0 unspecified atom stereocenters. The van der Waals surface area contributed by atoms with Crippen molar-refractivity contribution < 1.29 is 9.47 Å². The number of benzene rings is 1. The number of ether oxygens (including phenoxy) is 2. The van der Waals surface area contributed by atoms with E-state index < -0.39 is 0 Å².